The van der Waals surface area contributed by atoms with Crippen LogP contribution in [0.2, 0.25) is 0 Å². The molecule has 0 N–H and O–H groups in total. The first kappa shape index (κ1) is 14.1. The first-order valence-corrected chi connectivity index (χ1v) is 5.60. The number of hydrogen-bond donors (Lipinski definition) is 0. The minimum atomic E-state index is -4.36. The highest BCUT2D eigenvalue weighted by Crippen LogP contribution is 2.37. The number of nitrogens with zero attached hydrogens (tertiary/aromatic N) is 2. The highest BCUT2D eigenvalue weighted by molar-refractivity contribution is 5.25. The number of alkyl halides is 3. The molecule has 0 fully saturated rings. The van der Waals surface area contributed by atoms with Crippen molar-refractivity contribution in [3.63, 3.8) is 0 Å². The van der Waals surface area contributed by atoms with E-state index in [0.717, 1.165) is 0 Å². The van der Waals surface area contributed by atoms with E-state index in [9.17, 15) is 13.2 Å². The standard InChI is InChI=1S/C12H19F3N2/c1-7(2)8-9(12(13,14)15)17(6)10(16-8)11(3,4)5/h7H,1-6H3. The fourth-order valence-corrected chi connectivity index (χ4v) is 1.93. The fraction of sp³-hybridized carbons (Fsp3) is 0.750. The fourth-order valence-electron chi connectivity index (χ4n) is 1.93. The van der Waals surface area contributed by atoms with Crippen molar-refractivity contribution in [2.75, 3.05) is 0 Å². The first-order chi connectivity index (χ1) is 7.46. The Morgan fingerprint density at radius 1 is 1.12 bits per heavy atom. The summed E-state index contributed by atoms with van der Waals surface area (Å²) < 4.78 is 40.2. The van der Waals surface area contributed by atoms with Crippen molar-refractivity contribution in [3.8, 4) is 0 Å². The Labute approximate surface area is 99.9 Å². The maximum atomic E-state index is 13.0. The lowest BCUT2D eigenvalue weighted by atomic mass is 9.96. The van der Waals surface area contributed by atoms with Crippen LogP contribution in [0.15, 0.2) is 0 Å². The third-order valence-electron chi connectivity index (χ3n) is 2.61. The number of imidazole rings is 1. The highest BCUT2D eigenvalue weighted by Gasteiger charge is 2.40. The van der Waals surface area contributed by atoms with E-state index in [1.54, 1.807) is 13.8 Å². The zero-order valence-corrected chi connectivity index (χ0v) is 11.1. The average Bonchev–Trinajstić information content (AvgIpc) is 2.40. The molecule has 0 saturated heterocycles. The molecule has 0 aliphatic heterocycles. The number of aromatic nitrogens is 2. The summed E-state index contributed by atoms with van der Waals surface area (Å²) >= 11 is 0. The molecule has 5 heteroatoms. The monoisotopic (exact) mass is 248 g/mol. The second-order valence-corrected chi connectivity index (χ2v) is 5.63. The Balaban J connectivity index is 3.53. The summed E-state index contributed by atoms with van der Waals surface area (Å²) in [7, 11) is 1.43. The van der Waals surface area contributed by atoms with E-state index in [-0.39, 0.29) is 11.6 Å². The van der Waals surface area contributed by atoms with Gasteiger partial charge in [0.2, 0.25) is 0 Å². The van der Waals surface area contributed by atoms with Crippen LogP contribution in [0.3, 0.4) is 0 Å². The van der Waals surface area contributed by atoms with Crippen LogP contribution < -0.4 is 0 Å². The summed E-state index contributed by atoms with van der Waals surface area (Å²) in [6.45, 7) is 9.03. The second-order valence-electron chi connectivity index (χ2n) is 5.63. The van der Waals surface area contributed by atoms with Crippen LogP contribution in [0.25, 0.3) is 0 Å². The van der Waals surface area contributed by atoms with Gasteiger partial charge in [0, 0.05) is 12.5 Å². The first-order valence-electron chi connectivity index (χ1n) is 5.60. The molecular formula is C12H19F3N2. The van der Waals surface area contributed by atoms with Crippen LogP contribution >= 0.6 is 0 Å². The lowest BCUT2D eigenvalue weighted by Crippen LogP contribution is -2.20. The molecule has 0 unspecified atom stereocenters. The van der Waals surface area contributed by atoms with Crippen LogP contribution in [-0.4, -0.2) is 9.55 Å². The van der Waals surface area contributed by atoms with Crippen LogP contribution in [-0.2, 0) is 18.6 Å². The summed E-state index contributed by atoms with van der Waals surface area (Å²) in [6, 6.07) is 0. The maximum absolute atomic E-state index is 13.0. The average molecular weight is 248 g/mol. The summed E-state index contributed by atoms with van der Waals surface area (Å²) in [4.78, 5) is 4.19. The maximum Gasteiger partial charge on any atom is 0.433 e. The molecule has 1 rings (SSSR count). The molecule has 1 aromatic heterocycles. The summed E-state index contributed by atoms with van der Waals surface area (Å²) in [6.07, 6.45) is -4.36. The molecular weight excluding hydrogens is 229 g/mol. The predicted molar refractivity (Wildman–Crippen MR) is 61.0 cm³/mol. The zero-order valence-electron chi connectivity index (χ0n) is 11.1. The van der Waals surface area contributed by atoms with E-state index in [2.05, 4.69) is 4.98 Å². The van der Waals surface area contributed by atoms with Crippen LogP contribution in [0, 0.1) is 0 Å². The van der Waals surface area contributed by atoms with Crippen molar-refractivity contribution in [1.29, 1.82) is 0 Å². The molecule has 0 amide bonds. The molecule has 0 aliphatic rings. The predicted octanol–water partition coefficient (Wildman–Crippen LogP) is 3.86. The van der Waals surface area contributed by atoms with Gasteiger partial charge in [-0.25, -0.2) is 4.98 Å². The molecule has 0 bridgehead atoms. The van der Waals surface area contributed by atoms with Gasteiger partial charge in [-0.2, -0.15) is 13.2 Å². The summed E-state index contributed by atoms with van der Waals surface area (Å²) in [5, 5.41) is 0. The molecule has 0 radical (unpaired) electrons. The van der Waals surface area contributed by atoms with Gasteiger partial charge in [-0.3, -0.25) is 0 Å². The zero-order chi connectivity index (χ0) is 13.6. The number of halogens is 3. The Morgan fingerprint density at radius 3 is 1.82 bits per heavy atom. The van der Waals surface area contributed by atoms with Crippen molar-refractivity contribution in [2.24, 2.45) is 7.05 Å². The molecule has 0 atom stereocenters. The molecule has 0 aromatic carbocycles. The molecule has 0 spiro atoms. The van der Waals surface area contributed by atoms with Crippen LogP contribution in [0.4, 0.5) is 13.2 Å². The number of rotatable bonds is 1. The smallest absolute Gasteiger partial charge is 0.327 e. The van der Waals surface area contributed by atoms with Crippen molar-refractivity contribution in [1.82, 2.24) is 9.55 Å². The van der Waals surface area contributed by atoms with E-state index >= 15 is 0 Å². The normalized spacial score (nSPS) is 13.5. The Bertz CT molecular complexity index is 409. The van der Waals surface area contributed by atoms with Crippen molar-refractivity contribution in [3.05, 3.63) is 17.2 Å². The Kier molecular flexibility index (Phi) is 3.34. The summed E-state index contributed by atoms with van der Waals surface area (Å²) in [5.74, 6) is 0.224. The molecule has 17 heavy (non-hydrogen) atoms. The Morgan fingerprint density at radius 2 is 1.59 bits per heavy atom. The van der Waals surface area contributed by atoms with Gasteiger partial charge in [-0.15, -0.1) is 0 Å². The van der Waals surface area contributed by atoms with Crippen LogP contribution in [0.1, 0.15) is 57.7 Å². The number of hydrogen-bond acceptors (Lipinski definition) is 1. The van der Waals surface area contributed by atoms with Gasteiger partial charge in [0.25, 0.3) is 0 Å². The van der Waals surface area contributed by atoms with Gasteiger partial charge in [0.1, 0.15) is 11.5 Å². The van der Waals surface area contributed by atoms with Gasteiger partial charge < -0.3 is 4.57 Å². The molecule has 1 heterocycles. The van der Waals surface area contributed by atoms with Gasteiger partial charge in [-0.1, -0.05) is 34.6 Å². The van der Waals surface area contributed by atoms with E-state index in [1.165, 1.54) is 11.6 Å². The molecule has 0 aliphatic carbocycles. The highest BCUT2D eigenvalue weighted by atomic mass is 19.4. The third-order valence-corrected chi connectivity index (χ3v) is 2.61. The Hall–Kier alpha value is -1.00. The van der Waals surface area contributed by atoms with Crippen LogP contribution in [0.5, 0.6) is 0 Å². The SMILES string of the molecule is CC(C)c1nc(C(C)(C)C)n(C)c1C(F)(F)F. The minimum absolute atomic E-state index is 0.130. The van der Waals surface area contributed by atoms with Crippen molar-refractivity contribution >= 4 is 0 Å². The van der Waals surface area contributed by atoms with E-state index in [4.69, 9.17) is 0 Å². The third kappa shape index (κ3) is 2.64. The van der Waals surface area contributed by atoms with E-state index in [0.29, 0.717) is 5.82 Å². The van der Waals surface area contributed by atoms with Crippen molar-refractivity contribution < 1.29 is 13.2 Å². The topological polar surface area (TPSA) is 17.8 Å². The minimum Gasteiger partial charge on any atom is -0.327 e. The largest absolute Gasteiger partial charge is 0.433 e. The summed E-state index contributed by atoms with van der Waals surface area (Å²) in [5.41, 5.74) is -0.899. The molecule has 1 aromatic rings. The van der Waals surface area contributed by atoms with Gasteiger partial charge in [-0.05, 0) is 5.92 Å². The lowest BCUT2D eigenvalue weighted by molar-refractivity contribution is -0.144. The van der Waals surface area contributed by atoms with Crippen molar-refractivity contribution in [2.45, 2.75) is 52.1 Å². The molecule has 98 valence electrons. The lowest BCUT2D eigenvalue weighted by Gasteiger charge is -2.19. The second kappa shape index (κ2) is 4.03. The molecule has 2 nitrogen and oxygen atoms in total. The molecule has 0 saturated carbocycles. The van der Waals surface area contributed by atoms with E-state index < -0.39 is 17.3 Å². The van der Waals surface area contributed by atoms with Gasteiger partial charge >= 0.3 is 6.18 Å². The quantitative estimate of drug-likeness (QED) is 0.738. The van der Waals surface area contributed by atoms with E-state index in [1.807, 2.05) is 20.8 Å². The van der Waals surface area contributed by atoms with Gasteiger partial charge in [0.15, 0.2) is 0 Å². The van der Waals surface area contributed by atoms with Gasteiger partial charge in [0.05, 0.1) is 5.69 Å².